The van der Waals surface area contributed by atoms with Gasteiger partial charge in [0.2, 0.25) is 5.91 Å². The molecule has 0 radical (unpaired) electrons. The maximum Gasteiger partial charge on any atom is 0.408 e. The Labute approximate surface area is 204 Å². The van der Waals surface area contributed by atoms with Gasteiger partial charge >= 0.3 is 12.1 Å². The predicted octanol–water partition coefficient (Wildman–Crippen LogP) is 4.25. The Balaban J connectivity index is 1.35. The van der Waals surface area contributed by atoms with Gasteiger partial charge in [-0.05, 0) is 47.2 Å². The van der Waals surface area contributed by atoms with Crippen molar-refractivity contribution in [3.05, 3.63) is 95.1 Å². The second-order valence-electron chi connectivity index (χ2n) is 9.10. The van der Waals surface area contributed by atoms with E-state index in [-0.39, 0.29) is 25.5 Å². The molecule has 0 saturated carbocycles. The molecule has 0 atom stereocenters. The highest BCUT2D eigenvalue weighted by Crippen LogP contribution is 2.44. The lowest BCUT2D eigenvalue weighted by Gasteiger charge is -2.25. The van der Waals surface area contributed by atoms with E-state index in [9.17, 15) is 14.4 Å². The Hall–Kier alpha value is -4.13. The lowest BCUT2D eigenvalue weighted by molar-refractivity contribution is -0.136. The zero-order chi connectivity index (χ0) is 25.0. The number of amides is 2. The molecular formula is C28H28N2O5. The van der Waals surface area contributed by atoms with E-state index in [1.807, 2.05) is 36.4 Å². The summed E-state index contributed by atoms with van der Waals surface area (Å²) in [4.78, 5) is 36.5. The Kier molecular flexibility index (Phi) is 6.87. The van der Waals surface area contributed by atoms with E-state index in [1.165, 1.54) is 0 Å². The highest BCUT2D eigenvalue weighted by Gasteiger charge is 2.32. The quantitative estimate of drug-likeness (QED) is 0.455. The van der Waals surface area contributed by atoms with E-state index >= 15 is 0 Å². The summed E-state index contributed by atoms with van der Waals surface area (Å²) in [6, 6.07) is 23.2. The van der Waals surface area contributed by atoms with Crippen molar-refractivity contribution in [2.24, 2.45) is 0 Å². The molecule has 180 valence electrons. The van der Waals surface area contributed by atoms with Gasteiger partial charge in [-0.3, -0.25) is 9.59 Å². The van der Waals surface area contributed by atoms with Crippen LogP contribution in [-0.2, 0) is 27.3 Å². The molecule has 0 aromatic heterocycles. The van der Waals surface area contributed by atoms with Crippen LogP contribution in [0, 0.1) is 0 Å². The molecule has 0 unspecified atom stereocenters. The molecule has 0 spiro atoms. The lowest BCUT2D eigenvalue weighted by Crippen LogP contribution is -2.54. The fourth-order valence-corrected chi connectivity index (χ4v) is 4.41. The summed E-state index contributed by atoms with van der Waals surface area (Å²) in [5, 5.41) is 14.5. The van der Waals surface area contributed by atoms with E-state index < -0.39 is 23.5 Å². The molecule has 3 aromatic carbocycles. The van der Waals surface area contributed by atoms with E-state index in [1.54, 1.807) is 38.1 Å². The molecule has 3 aromatic rings. The van der Waals surface area contributed by atoms with E-state index in [4.69, 9.17) is 9.84 Å². The summed E-state index contributed by atoms with van der Waals surface area (Å²) < 4.78 is 5.56. The van der Waals surface area contributed by atoms with Gasteiger partial charge < -0.3 is 20.5 Å². The van der Waals surface area contributed by atoms with Gasteiger partial charge in [0.1, 0.15) is 12.1 Å². The second kappa shape index (κ2) is 10.0. The van der Waals surface area contributed by atoms with Crippen molar-refractivity contribution in [3.63, 3.8) is 0 Å². The van der Waals surface area contributed by atoms with Crippen LogP contribution in [0.1, 0.15) is 42.0 Å². The van der Waals surface area contributed by atoms with Crippen molar-refractivity contribution >= 4 is 18.0 Å². The summed E-state index contributed by atoms with van der Waals surface area (Å²) in [6.45, 7) is 3.48. The molecule has 7 nitrogen and oxygen atoms in total. The number of ether oxygens (including phenoxy) is 1. The Bertz CT molecular complexity index is 1220. The van der Waals surface area contributed by atoms with Crippen molar-refractivity contribution in [3.8, 4) is 11.1 Å². The van der Waals surface area contributed by atoms with Gasteiger partial charge in [0.15, 0.2) is 0 Å². The highest BCUT2D eigenvalue weighted by molar-refractivity contribution is 5.89. The van der Waals surface area contributed by atoms with Crippen LogP contribution in [0.15, 0.2) is 72.8 Å². The van der Waals surface area contributed by atoms with Gasteiger partial charge in [-0.1, -0.05) is 72.8 Å². The van der Waals surface area contributed by atoms with E-state index in [2.05, 4.69) is 22.8 Å². The van der Waals surface area contributed by atoms with Crippen molar-refractivity contribution in [1.29, 1.82) is 0 Å². The van der Waals surface area contributed by atoms with Crippen molar-refractivity contribution in [1.82, 2.24) is 10.6 Å². The number of hydrogen-bond acceptors (Lipinski definition) is 4. The van der Waals surface area contributed by atoms with Crippen LogP contribution >= 0.6 is 0 Å². The first-order chi connectivity index (χ1) is 16.8. The van der Waals surface area contributed by atoms with Gasteiger partial charge in [-0.2, -0.15) is 0 Å². The minimum Gasteiger partial charge on any atom is -0.481 e. The number of benzene rings is 3. The molecule has 0 heterocycles. The fraction of sp³-hybridized carbons (Fsp3) is 0.250. The van der Waals surface area contributed by atoms with Crippen LogP contribution in [0.2, 0.25) is 0 Å². The smallest absolute Gasteiger partial charge is 0.408 e. The molecule has 2 amide bonds. The molecule has 35 heavy (non-hydrogen) atoms. The van der Waals surface area contributed by atoms with Crippen LogP contribution in [0.4, 0.5) is 4.79 Å². The first kappa shape index (κ1) is 24.0. The zero-order valence-electron chi connectivity index (χ0n) is 19.7. The number of hydrogen-bond donors (Lipinski definition) is 3. The highest BCUT2D eigenvalue weighted by atomic mass is 16.5. The van der Waals surface area contributed by atoms with Gasteiger partial charge in [-0.25, -0.2) is 4.79 Å². The van der Waals surface area contributed by atoms with Gasteiger partial charge in [-0.15, -0.1) is 0 Å². The first-order valence-corrected chi connectivity index (χ1v) is 11.5. The molecule has 1 aliphatic carbocycles. The standard InChI is InChI=1S/C28H28N2O5/c1-28(2,26(33)29-16-19-10-4-3-9-18(19)15-25(31)32)30-27(34)35-17-24-22-13-7-5-11-20(22)21-12-6-8-14-23(21)24/h3-14,24H,15-17H2,1-2H3,(H,29,33)(H,30,34)(H,31,32). The number of fused-ring (bicyclic) bond motifs is 3. The van der Waals surface area contributed by atoms with E-state index in [0.29, 0.717) is 11.1 Å². The van der Waals surface area contributed by atoms with Crippen molar-refractivity contribution in [2.45, 2.75) is 38.3 Å². The number of alkyl carbamates (subject to hydrolysis) is 1. The largest absolute Gasteiger partial charge is 0.481 e. The maximum atomic E-state index is 12.8. The maximum absolute atomic E-state index is 12.8. The average Bonchev–Trinajstić information content (AvgIpc) is 3.15. The number of aliphatic carboxylic acids is 1. The number of carboxylic acids is 1. The summed E-state index contributed by atoms with van der Waals surface area (Å²) in [5.41, 5.74) is 4.60. The summed E-state index contributed by atoms with van der Waals surface area (Å²) >= 11 is 0. The second-order valence-corrected chi connectivity index (χ2v) is 9.10. The number of nitrogens with one attached hydrogen (secondary N) is 2. The molecule has 0 bridgehead atoms. The summed E-state index contributed by atoms with van der Waals surface area (Å²) in [5.74, 6) is -1.42. The molecule has 7 heteroatoms. The van der Waals surface area contributed by atoms with E-state index in [0.717, 1.165) is 22.3 Å². The molecule has 0 saturated heterocycles. The average molecular weight is 473 g/mol. The topological polar surface area (TPSA) is 105 Å². The molecule has 1 aliphatic rings. The molecule has 4 rings (SSSR count). The first-order valence-electron chi connectivity index (χ1n) is 11.5. The molecular weight excluding hydrogens is 444 g/mol. The minimum atomic E-state index is -1.23. The normalized spacial score (nSPS) is 12.4. The third-order valence-corrected chi connectivity index (χ3v) is 6.23. The molecule has 0 fully saturated rings. The van der Waals surface area contributed by atoms with Crippen LogP contribution in [0.3, 0.4) is 0 Å². The van der Waals surface area contributed by atoms with Crippen LogP contribution in [0.25, 0.3) is 11.1 Å². The Morgan fingerprint density at radius 2 is 1.40 bits per heavy atom. The van der Waals surface area contributed by atoms with Gasteiger partial charge in [0.25, 0.3) is 0 Å². The monoisotopic (exact) mass is 472 g/mol. The molecule has 3 N–H and O–H groups in total. The summed E-state index contributed by atoms with van der Waals surface area (Å²) in [7, 11) is 0. The lowest BCUT2D eigenvalue weighted by atomic mass is 9.98. The third-order valence-electron chi connectivity index (χ3n) is 6.23. The minimum absolute atomic E-state index is 0.0733. The van der Waals surface area contributed by atoms with Crippen LogP contribution in [0.5, 0.6) is 0 Å². The van der Waals surface area contributed by atoms with Crippen LogP contribution < -0.4 is 10.6 Å². The summed E-state index contributed by atoms with van der Waals surface area (Å²) in [6.07, 6.45) is -0.814. The van der Waals surface area contributed by atoms with Gasteiger partial charge in [0, 0.05) is 12.5 Å². The SMILES string of the molecule is CC(C)(NC(=O)OCC1c2ccccc2-c2ccccc21)C(=O)NCc1ccccc1CC(=O)O. The molecule has 0 aliphatic heterocycles. The van der Waals surface area contributed by atoms with Crippen molar-refractivity contribution < 1.29 is 24.2 Å². The van der Waals surface area contributed by atoms with Crippen LogP contribution in [-0.4, -0.2) is 35.2 Å². The fourth-order valence-electron chi connectivity index (χ4n) is 4.41. The number of rotatable bonds is 8. The zero-order valence-corrected chi connectivity index (χ0v) is 19.7. The third kappa shape index (κ3) is 5.35. The Morgan fingerprint density at radius 3 is 2.00 bits per heavy atom. The number of carbonyl (C=O) groups is 3. The van der Waals surface area contributed by atoms with Crippen molar-refractivity contribution in [2.75, 3.05) is 6.61 Å². The van der Waals surface area contributed by atoms with Gasteiger partial charge in [0.05, 0.1) is 6.42 Å². The number of carbonyl (C=O) groups excluding carboxylic acids is 2. The number of carboxylic acid groups (broad SMARTS) is 1. The predicted molar refractivity (Wildman–Crippen MR) is 132 cm³/mol. The Morgan fingerprint density at radius 1 is 0.857 bits per heavy atom.